The number of nitrogens with one attached hydrogen (secondary N) is 3. The van der Waals surface area contributed by atoms with Crippen molar-refractivity contribution in [3.05, 3.63) is 34.9 Å². The summed E-state index contributed by atoms with van der Waals surface area (Å²) < 4.78 is 5.50. The van der Waals surface area contributed by atoms with Gasteiger partial charge in [0.2, 0.25) is 11.8 Å². The number of hydrogen-bond acceptors (Lipinski definition) is 6. The van der Waals surface area contributed by atoms with Crippen molar-refractivity contribution >= 4 is 17.7 Å². The fourth-order valence-corrected chi connectivity index (χ4v) is 5.24. The SMILES string of the molecule is O=C1CCC(N2Cc3cc(CNC4CNC5(CCOCC5)C4)ccc3C2=O)C(=O)N1. The summed E-state index contributed by atoms with van der Waals surface area (Å²) in [6.07, 6.45) is 3.92. The number of carbonyl (C=O) groups is 3. The summed E-state index contributed by atoms with van der Waals surface area (Å²) in [7, 11) is 0. The minimum atomic E-state index is -0.565. The second-order valence-electron chi connectivity index (χ2n) is 8.95. The molecule has 5 rings (SSSR count). The summed E-state index contributed by atoms with van der Waals surface area (Å²) in [6.45, 7) is 3.80. The number of amides is 3. The summed E-state index contributed by atoms with van der Waals surface area (Å²) in [5, 5.41) is 9.70. The van der Waals surface area contributed by atoms with Gasteiger partial charge < -0.3 is 20.3 Å². The van der Waals surface area contributed by atoms with Gasteiger partial charge in [0.25, 0.3) is 5.91 Å². The van der Waals surface area contributed by atoms with Gasteiger partial charge in [0.05, 0.1) is 0 Å². The average molecular weight is 412 g/mol. The highest BCUT2D eigenvalue weighted by atomic mass is 16.5. The van der Waals surface area contributed by atoms with E-state index < -0.39 is 6.04 Å². The third-order valence-electron chi connectivity index (χ3n) is 6.99. The third kappa shape index (κ3) is 3.64. The monoisotopic (exact) mass is 412 g/mol. The molecule has 0 bridgehead atoms. The summed E-state index contributed by atoms with van der Waals surface area (Å²) >= 11 is 0. The first-order chi connectivity index (χ1) is 14.5. The van der Waals surface area contributed by atoms with Gasteiger partial charge in [-0.3, -0.25) is 19.7 Å². The van der Waals surface area contributed by atoms with Gasteiger partial charge in [0.15, 0.2) is 0 Å². The van der Waals surface area contributed by atoms with Gasteiger partial charge in [-0.15, -0.1) is 0 Å². The summed E-state index contributed by atoms with van der Waals surface area (Å²) in [5.74, 6) is -0.761. The third-order valence-corrected chi connectivity index (χ3v) is 6.99. The molecule has 3 fully saturated rings. The van der Waals surface area contributed by atoms with Gasteiger partial charge >= 0.3 is 0 Å². The predicted molar refractivity (Wildman–Crippen MR) is 109 cm³/mol. The molecular weight excluding hydrogens is 384 g/mol. The molecule has 0 aliphatic carbocycles. The van der Waals surface area contributed by atoms with Gasteiger partial charge in [-0.05, 0) is 42.9 Å². The zero-order valence-electron chi connectivity index (χ0n) is 17.0. The predicted octanol–water partition coefficient (Wildman–Crippen LogP) is 0.448. The molecule has 4 aliphatic heterocycles. The Hall–Kier alpha value is -2.29. The molecule has 1 aromatic rings. The first-order valence-corrected chi connectivity index (χ1v) is 10.9. The number of piperidine rings is 1. The molecule has 8 heteroatoms. The quantitative estimate of drug-likeness (QED) is 0.621. The molecule has 3 amide bonds. The molecule has 3 N–H and O–H groups in total. The maximum atomic E-state index is 12.8. The number of carbonyl (C=O) groups excluding carboxylic acids is 3. The lowest BCUT2D eigenvalue weighted by atomic mass is 9.87. The highest BCUT2D eigenvalue weighted by Gasteiger charge is 2.40. The molecule has 0 aromatic heterocycles. The number of ether oxygens (including phenoxy) is 1. The smallest absolute Gasteiger partial charge is 0.255 e. The maximum Gasteiger partial charge on any atom is 0.255 e. The Kier molecular flexibility index (Phi) is 5.08. The van der Waals surface area contributed by atoms with Gasteiger partial charge in [-0.2, -0.15) is 0 Å². The normalized spacial score (nSPS) is 28.1. The summed E-state index contributed by atoms with van der Waals surface area (Å²) in [5.41, 5.74) is 2.98. The number of rotatable bonds is 4. The largest absolute Gasteiger partial charge is 0.381 e. The Balaban J connectivity index is 1.21. The van der Waals surface area contributed by atoms with E-state index in [0.717, 1.165) is 56.7 Å². The topological polar surface area (TPSA) is 99.8 Å². The molecule has 2 unspecified atom stereocenters. The Labute approximate surface area is 175 Å². The van der Waals surface area contributed by atoms with Crippen LogP contribution >= 0.6 is 0 Å². The van der Waals surface area contributed by atoms with Gasteiger partial charge in [-0.25, -0.2) is 0 Å². The van der Waals surface area contributed by atoms with Crippen molar-refractivity contribution in [2.24, 2.45) is 0 Å². The van der Waals surface area contributed by atoms with Crippen molar-refractivity contribution in [1.82, 2.24) is 20.9 Å². The zero-order valence-corrected chi connectivity index (χ0v) is 17.0. The number of fused-ring (bicyclic) bond motifs is 1. The molecule has 160 valence electrons. The number of imide groups is 1. The van der Waals surface area contributed by atoms with Crippen molar-refractivity contribution in [3.63, 3.8) is 0 Å². The van der Waals surface area contributed by atoms with Crippen molar-refractivity contribution < 1.29 is 19.1 Å². The summed E-state index contributed by atoms with van der Waals surface area (Å²) in [6, 6.07) is 5.79. The van der Waals surface area contributed by atoms with Gasteiger partial charge in [0, 0.05) is 56.4 Å². The Morgan fingerprint density at radius 1 is 1.20 bits per heavy atom. The lowest BCUT2D eigenvalue weighted by Gasteiger charge is -2.33. The van der Waals surface area contributed by atoms with Crippen LogP contribution in [0.1, 0.15) is 53.6 Å². The van der Waals surface area contributed by atoms with Crippen LogP contribution in [-0.4, -0.2) is 60.0 Å². The Bertz CT molecular complexity index is 880. The van der Waals surface area contributed by atoms with Crippen LogP contribution in [0.25, 0.3) is 0 Å². The molecule has 1 aromatic carbocycles. The molecule has 8 nitrogen and oxygen atoms in total. The average Bonchev–Trinajstić information content (AvgIpc) is 3.28. The zero-order chi connectivity index (χ0) is 20.7. The Morgan fingerprint density at radius 2 is 2.03 bits per heavy atom. The van der Waals surface area contributed by atoms with E-state index in [0.29, 0.717) is 24.6 Å². The van der Waals surface area contributed by atoms with Crippen LogP contribution in [0.4, 0.5) is 0 Å². The van der Waals surface area contributed by atoms with E-state index in [1.54, 1.807) is 4.90 Å². The van der Waals surface area contributed by atoms with Crippen LogP contribution in [0.15, 0.2) is 18.2 Å². The molecule has 0 radical (unpaired) electrons. The standard InChI is InChI=1S/C22H28N4O4/c27-19-4-3-18(20(28)25-19)26-13-15-9-14(1-2-17(15)21(26)29)11-23-16-10-22(24-12-16)5-7-30-8-6-22/h1-2,9,16,18,23-24H,3-8,10-13H2,(H,25,27,28). The van der Waals surface area contributed by atoms with E-state index in [9.17, 15) is 14.4 Å². The molecular formula is C22H28N4O4. The van der Waals surface area contributed by atoms with Crippen molar-refractivity contribution in [1.29, 1.82) is 0 Å². The van der Waals surface area contributed by atoms with Crippen molar-refractivity contribution in [2.75, 3.05) is 19.8 Å². The van der Waals surface area contributed by atoms with E-state index >= 15 is 0 Å². The second kappa shape index (κ2) is 7.76. The molecule has 4 aliphatic rings. The van der Waals surface area contributed by atoms with Crippen LogP contribution < -0.4 is 16.0 Å². The summed E-state index contributed by atoms with van der Waals surface area (Å²) in [4.78, 5) is 38.0. The van der Waals surface area contributed by atoms with Crippen molar-refractivity contribution in [2.45, 2.75) is 62.8 Å². The first kappa shape index (κ1) is 19.7. The number of nitrogens with zero attached hydrogens (tertiary/aromatic N) is 1. The number of benzene rings is 1. The minimum Gasteiger partial charge on any atom is -0.381 e. The van der Waals surface area contributed by atoms with E-state index in [1.165, 1.54) is 0 Å². The van der Waals surface area contributed by atoms with E-state index in [1.807, 2.05) is 12.1 Å². The Morgan fingerprint density at radius 3 is 2.83 bits per heavy atom. The molecule has 4 heterocycles. The second-order valence-corrected chi connectivity index (χ2v) is 8.95. The van der Waals surface area contributed by atoms with Crippen LogP contribution in [0.2, 0.25) is 0 Å². The fourth-order valence-electron chi connectivity index (χ4n) is 5.24. The van der Waals surface area contributed by atoms with E-state index in [2.05, 4.69) is 22.0 Å². The first-order valence-electron chi connectivity index (χ1n) is 10.9. The molecule has 3 saturated heterocycles. The van der Waals surface area contributed by atoms with Gasteiger partial charge in [-0.1, -0.05) is 12.1 Å². The lowest BCUT2D eigenvalue weighted by Crippen LogP contribution is -2.52. The van der Waals surface area contributed by atoms with Crippen LogP contribution in [-0.2, 0) is 27.4 Å². The van der Waals surface area contributed by atoms with Crippen LogP contribution in [0.5, 0.6) is 0 Å². The van der Waals surface area contributed by atoms with Gasteiger partial charge in [0.1, 0.15) is 6.04 Å². The molecule has 1 spiro atoms. The molecule has 30 heavy (non-hydrogen) atoms. The maximum absolute atomic E-state index is 12.8. The minimum absolute atomic E-state index is 0.125. The highest BCUT2D eigenvalue weighted by molar-refractivity contribution is 6.05. The molecule has 2 atom stereocenters. The lowest BCUT2D eigenvalue weighted by molar-refractivity contribution is -0.136. The van der Waals surface area contributed by atoms with Crippen LogP contribution in [0.3, 0.4) is 0 Å². The highest BCUT2D eigenvalue weighted by Crippen LogP contribution is 2.31. The number of hydrogen-bond donors (Lipinski definition) is 3. The molecule has 0 saturated carbocycles. The van der Waals surface area contributed by atoms with E-state index in [4.69, 9.17) is 4.74 Å². The van der Waals surface area contributed by atoms with Crippen molar-refractivity contribution in [3.8, 4) is 0 Å². The van der Waals surface area contributed by atoms with Crippen LogP contribution in [0, 0.1) is 0 Å². The fraction of sp³-hybridized carbons (Fsp3) is 0.591. The van der Waals surface area contributed by atoms with E-state index in [-0.39, 0.29) is 29.7 Å².